The second-order valence-corrected chi connectivity index (χ2v) is 3.73. The molecule has 96 valence electrons. The number of nitrogens with one attached hydrogen (secondary N) is 2. The third kappa shape index (κ3) is 4.75. The Balaban J connectivity index is 2.45. The largest absolute Gasteiger partial charge is 0.405 e. The Morgan fingerprint density at radius 1 is 1.53 bits per heavy atom. The molecule has 0 bridgehead atoms. The molecule has 0 aliphatic carbocycles. The molecule has 8 heteroatoms. The second-order valence-electron chi connectivity index (χ2n) is 3.73. The Labute approximate surface area is 96.0 Å². The Hall–Kier alpha value is -1.73. The van der Waals surface area contributed by atoms with Gasteiger partial charge in [0.25, 0.3) is 0 Å². The second kappa shape index (κ2) is 5.07. The van der Waals surface area contributed by atoms with Crippen LogP contribution in [0.4, 0.5) is 23.7 Å². The molecule has 0 radical (unpaired) electrons. The molecular weight excluding hydrogens is 237 g/mol. The van der Waals surface area contributed by atoms with Gasteiger partial charge in [0.1, 0.15) is 6.54 Å². The van der Waals surface area contributed by atoms with Gasteiger partial charge in [-0.15, -0.1) is 0 Å². The summed E-state index contributed by atoms with van der Waals surface area (Å²) < 4.78 is 37.0. The van der Waals surface area contributed by atoms with Crippen molar-refractivity contribution in [1.82, 2.24) is 15.1 Å². The zero-order chi connectivity index (χ0) is 13.1. The minimum absolute atomic E-state index is 0.115. The molecule has 0 fully saturated rings. The molecule has 1 heterocycles. The topological polar surface area (TPSA) is 59.0 Å². The van der Waals surface area contributed by atoms with Gasteiger partial charge in [0.2, 0.25) is 0 Å². The maximum absolute atomic E-state index is 11.8. The molecule has 0 atom stereocenters. The number of anilines is 1. The smallest absolute Gasteiger partial charge is 0.329 e. The van der Waals surface area contributed by atoms with Crippen molar-refractivity contribution in [2.45, 2.75) is 26.1 Å². The summed E-state index contributed by atoms with van der Waals surface area (Å²) in [6.07, 6.45) is -1.51. The van der Waals surface area contributed by atoms with Crippen molar-refractivity contribution in [3.8, 4) is 0 Å². The van der Waals surface area contributed by atoms with Gasteiger partial charge in [-0.1, -0.05) is 0 Å². The van der Waals surface area contributed by atoms with Crippen molar-refractivity contribution in [3.05, 3.63) is 12.4 Å². The summed E-state index contributed by atoms with van der Waals surface area (Å²) in [6.45, 7) is 2.41. The highest BCUT2D eigenvalue weighted by atomic mass is 19.4. The SMILES string of the molecule is CC(C)n1cc(NC(=O)NCC(F)(F)F)cn1. The van der Waals surface area contributed by atoms with Gasteiger partial charge in [0, 0.05) is 12.2 Å². The number of hydrogen-bond donors (Lipinski definition) is 2. The van der Waals surface area contributed by atoms with Crippen molar-refractivity contribution in [3.63, 3.8) is 0 Å². The predicted octanol–water partition coefficient (Wildman–Crippen LogP) is 2.15. The number of amides is 2. The molecule has 5 nitrogen and oxygen atoms in total. The van der Waals surface area contributed by atoms with E-state index >= 15 is 0 Å². The quantitative estimate of drug-likeness (QED) is 0.863. The lowest BCUT2D eigenvalue weighted by Gasteiger charge is -2.08. The van der Waals surface area contributed by atoms with Crippen molar-refractivity contribution >= 4 is 11.7 Å². The van der Waals surface area contributed by atoms with Crippen LogP contribution in [0.1, 0.15) is 19.9 Å². The van der Waals surface area contributed by atoms with E-state index in [0.29, 0.717) is 5.69 Å². The molecule has 1 aromatic rings. The van der Waals surface area contributed by atoms with Crippen molar-refractivity contribution < 1.29 is 18.0 Å². The number of nitrogens with zero attached hydrogens (tertiary/aromatic N) is 2. The van der Waals surface area contributed by atoms with Crippen LogP contribution in [-0.2, 0) is 0 Å². The van der Waals surface area contributed by atoms with Gasteiger partial charge in [0.05, 0.1) is 11.9 Å². The standard InChI is InChI=1S/C9H13F3N4O/c1-6(2)16-4-7(3-14-16)15-8(17)13-5-9(10,11)12/h3-4,6H,5H2,1-2H3,(H2,13,15,17). The van der Waals surface area contributed by atoms with Gasteiger partial charge in [0.15, 0.2) is 0 Å². The van der Waals surface area contributed by atoms with E-state index in [1.807, 2.05) is 13.8 Å². The Bertz CT molecular complexity index is 386. The zero-order valence-corrected chi connectivity index (χ0v) is 9.38. The molecule has 0 spiro atoms. The number of urea groups is 1. The lowest BCUT2D eigenvalue weighted by molar-refractivity contribution is -0.122. The van der Waals surface area contributed by atoms with Gasteiger partial charge < -0.3 is 10.6 Å². The van der Waals surface area contributed by atoms with Crippen molar-refractivity contribution in [2.75, 3.05) is 11.9 Å². The number of halogens is 3. The summed E-state index contributed by atoms with van der Waals surface area (Å²) in [5.74, 6) is 0. The van der Waals surface area contributed by atoms with E-state index in [9.17, 15) is 18.0 Å². The molecule has 0 aliphatic rings. The van der Waals surface area contributed by atoms with Gasteiger partial charge >= 0.3 is 12.2 Å². The van der Waals surface area contributed by atoms with E-state index in [2.05, 4.69) is 10.4 Å². The lowest BCUT2D eigenvalue weighted by atomic mass is 10.4. The molecule has 0 aromatic carbocycles. The number of hydrogen-bond acceptors (Lipinski definition) is 2. The first kappa shape index (κ1) is 13.3. The van der Waals surface area contributed by atoms with E-state index < -0.39 is 18.8 Å². The molecule has 17 heavy (non-hydrogen) atoms. The number of carbonyl (C=O) groups excluding carboxylic acids is 1. The van der Waals surface area contributed by atoms with Gasteiger partial charge in [-0.05, 0) is 13.8 Å². The Kier molecular flexibility index (Phi) is 3.97. The summed E-state index contributed by atoms with van der Waals surface area (Å²) in [7, 11) is 0. The summed E-state index contributed by atoms with van der Waals surface area (Å²) >= 11 is 0. The van der Waals surface area contributed by atoms with E-state index in [1.54, 1.807) is 10.00 Å². The Morgan fingerprint density at radius 3 is 2.65 bits per heavy atom. The average molecular weight is 250 g/mol. The molecule has 2 amide bonds. The fourth-order valence-electron chi connectivity index (χ4n) is 1.04. The summed E-state index contributed by atoms with van der Waals surface area (Å²) in [5, 5.41) is 7.88. The van der Waals surface area contributed by atoms with E-state index in [1.165, 1.54) is 12.4 Å². The average Bonchev–Trinajstić information content (AvgIpc) is 2.62. The first-order valence-corrected chi connectivity index (χ1v) is 4.93. The zero-order valence-electron chi connectivity index (χ0n) is 9.38. The molecule has 2 N–H and O–H groups in total. The molecule has 0 saturated carbocycles. The number of aromatic nitrogens is 2. The van der Waals surface area contributed by atoms with Crippen LogP contribution in [0.5, 0.6) is 0 Å². The van der Waals surface area contributed by atoms with Crippen LogP contribution in [0.25, 0.3) is 0 Å². The fourth-order valence-corrected chi connectivity index (χ4v) is 1.04. The maximum atomic E-state index is 11.8. The first-order valence-electron chi connectivity index (χ1n) is 4.93. The highest BCUT2D eigenvalue weighted by Gasteiger charge is 2.27. The lowest BCUT2D eigenvalue weighted by Crippen LogP contribution is -2.36. The number of carbonyl (C=O) groups is 1. The number of rotatable bonds is 3. The predicted molar refractivity (Wildman–Crippen MR) is 55.7 cm³/mol. The molecule has 0 unspecified atom stereocenters. The first-order chi connectivity index (χ1) is 7.78. The van der Waals surface area contributed by atoms with E-state index in [4.69, 9.17) is 0 Å². The van der Waals surface area contributed by atoms with Gasteiger partial charge in [-0.2, -0.15) is 18.3 Å². The van der Waals surface area contributed by atoms with Crippen molar-refractivity contribution in [1.29, 1.82) is 0 Å². The minimum atomic E-state index is -4.42. The molecule has 1 rings (SSSR count). The van der Waals surface area contributed by atoms with Gasteiger partial charge in [-0.25, -0.2) is 4.79 Å². The van der Waals surface area contributed by atoms with E-state index in [-0.39, 0.29) is 6.04 Å². The monoisotopic (exact) mass is 250 g/mol. The van der Waals surface area contributed by atoms with Crippen molar-refractivity contribution in [2.24, 2.45) is 0 Å². The van der Waals surface area contributed by atoms with Crippen LogP contribution >= 0.6 is 0 Å². The highest BCUT2D eigenvalue weighted by Crippen LogP contribution is 2.13. The van der Waals surface area contributed by atoms with Crippen LogP contribution in [0.2, 0.25) is 0 Å². The molecular formula is C9H13F3N4O. The van der Waals surface area contributed by atoms with E-state index in [0.717, 1.165) is 0 Å². The Morgan fingerprint density at radius 2 is 2.18 bits per heavy atom. The summed E-state index contributed by atoms with van der Waals surface area (Å²) in [6, 6.07) is -0.797. The third-order valence-electron chi connectivity index (χ3n) is 1.84. The van der Waals surface area contributed by atoms with Crippen LogP contribution in [0.3, 0.4) is 0 Å². The minimum Gasteiger partial charge on any atom is -0.329 e. The normalized spacial score (nSPS) is 11.6. The summed E-state index contributed by atoms with van der Waals surface area (Å²) in [5.41, 5.74) is 0.346. The fraction of sp³-hybridized carbons (Fsp3) is 0.556. The maximum Gasteiger partial charge on any atom is 0.405 e. The third-order valence-corrected chi connectivity index (χ3v) is 1.84. The van der Waals surface area contributed by atoms with Crippen LogP contribution in [0.15, 0.2) is 12.4 Å². The highest BCUT2D eigenvalue weighted by molar-refractivity contribution is 5.88. The molecule has 0 aliphatic heterocycles. The number of alkyl halides is 3. The molecule has 1 aromatic heterocycles. The molecule has 0 saturated heterocycles. The summed E-state index contributed by atoms with van der Waals surface area (Å²) in [4.78, 5) is 11.1. The van der Waals surface area contributed by atoms with Crippen LogP contribution in [0, 0.1) is 0 Å². The van der Waals surface area contributed by atoms with Crippen LogP contribution in [-0.4, -0.2) is 28.5 Å². The van der Waals surface area contributed by atoms with Crippen LogP contribution < -0.4 is 10.6 Å². The van der Waals surface area contributed by atoms with Gasteiger partial charge in [-0.3, -0.25) is 4.68 Å².